The highest BCUT2D eigenvalue weighted by molar-refractivity contribution is 5.70. The molecule has 0 aromatic carbocycles. The molecule has 4 heteroatoms. The van der Waals surface area contributed by atoms with Crippen molar-refractivity contribution in [3.05, 3.63) is 0 Å². The van der Waals surface area contributed by atoms with Crippen LogP contribution in [0, 0.1) is 11.3 Å². The van der Waals surface area contributed by atoms with Gasteiger partial charge in [-0.05, 0) is 6.42 Å². The van der Waals surface area contributed by atoms with Gasteiger partial charge in [-0.3, -0.25) is 0 Å². The number of carbonyl (C=O) groups is 1. The highest BCUT2D eigenvalue weighted by atomic mass is 16.6. The van der Waals surface area contributed by atoms with Gasteiger partial charge in [0.1, 0.15) is 12.7 Å². The van der Waals surface area contributed by atoms with E-state index in [2.05, 4.69) is 4.74 Å². The first-order valence-electron chi connectivity index (χ1n) is 3.41. The van der Waals surface area contributed by atoms with Crippen molar-refractivity contribution < 1.29 is 14.6 Å². The number of aliphatic hydroxyl groups is 1. The van der Waals surface area contributed by atoms with Gasteiger partial charge < -0.3 is 9.84 Å². The van der Waals surface area contributed by atoms with Gasteiger partial charge in [-0.15, -0.1) is 0 Å². The molecule has 1 unspecified atom stereocenters. The van der Waals surface area contributed by atoms with E-state index in [9.17, 15) is 4.79 Å². The van der Waals surface area contributed by atoms with Crippen LogP contribution in [0.3, 0.4) is 0 Å². The van der Waals surface area contributed by atoms with Gasteiger partial charge in [0.15, 0.2) is 0 Å². The van der Waals surface area contributed by atoms with Crippen molar-refractivity contribution >= 4 is 5.97 Å². The van der Waals surface area contributed by atoms with E-state index in [0.717, 1.165) is 0 Å². The number of aliphatic hydroxyl groups excluding tert-OH is 1. The van der Waals surface area contributed by atoms with Crippen LogP contribution in [-0.4, -0.2) is 23.8 Å². The molecule has 0 saturated heterocycles. The molecule has 62 valence electrons. The van der Waals surface area contributed by atoms with Crippen molar-refractivity contribution in [3.8, 4) is 6.07 Å². The maximum absolute atomic E-state index is 10.5. The summed E-state index contributed by atoms with van der Waals surface area (Å²) in [4.78, 5) is 10.5. The van der Waals surface area contributed by atoms with Crippen LogP contribution in [0.25, 0.3) is 0 Å². The Labute approximate surface area is 65.4 Å². The van der Waals surface area contributed by atoms with E-state index in [0.29, 0.717) is 6.42 Å². The maximum Gasteiger partial charge on any atom is 0.332 e. The summed E-state index contributed by atoms with van der Waals surface area (Å²) in [6.45, 7) is 1.19. The van der Waals surface area contributed by atoms with Gasteiger partial charge in [0.2, 0.25) is 0 Å². The van der Waals surface area contributed by atoms with Crippen molar-refractivity contribution in [1.82, 2.24) is 0 Å². The van der Waals surface area contributed by atoms with Crippen LogP contribution in [0.1, 0.15) is 19.8 Å². The molecule has 0 amide bonds. The molecule has 0 aromatic heterocycles. The summed E-state index contributed by atoms with van der Waals surface area (Å²) in [5.41, 5.74) is 0. The molecule has 0 aliphatic rings. The second-order valence-electron chi connectivity index (χ2n) is 2.04. The van der Waals surface area contributed by atoms with Crippen LogP contribution < -0.4 is 0 Å². The van der Waals surface area contributed by atoms with E-state index in [4.69, 9.17) is 10.4 Å². The molecule has 0 saturated carbocycles. The molecule has 0 fully saturated rings. The number of carbonyl (C=O) groups excluding carboxylic acids is 1. The van der Waals surface area contributed by atoms with Crippen LogP contribution >= 0.6 is 0 Å². The van der Waals surface area contributed by atoms with Crippen LogP contribution in [0.15, 0.2) is 0 Å². The molecule has 0 aliphatic carbocycles. The third-order valence-corrected chi connectivity index (χ3v) is 1.20. The smallest absolute Gasteiger partial charge is 0.332 e. The second-order valence-corrected chi connectivity index (χ2v) is 2.04. The minimum atomic E-state index is -0.674. The van der Waals surface area contributed by atoms with E-state index >= 15 is 0 Å². The Kier molecular flexibility index (Phi) is 5.13. The summed E-state index contributed by atoms with van der Waals surface area (Å²) in [5, 5.41) is 16.5. The molecule has 0 aromatic rings. The lowest BCUT2D eigenvalue weighted by Crippen LogP contribution is -2.19. The Morgan fingerprint density at radius 2 is 2.45 bits per heavy atom. The highest BCUT2D eigenvalue weighted by Crippen LogP contribution is 2.02. The normalized spacial score (nSPS) is 11.7. The van der Waals surface area contributed by atoms with Crippen LogP contribution in [0.4, 0.5) is 0 Å². The average Bonchev–Trinajstić information content (AvgIpc) is 2.03. The van der Waals surface area contributed by atoms with Crippen LogP contribution in [0.2, 0.25) is 0 Å². The summed E-state index contributed by atoms with van der Waals surface area (Å²) < 4.78 is 4.68. The summed E-state index contributed by atoms with van der Waals surface area (Å²) in [6, 6.07) is 1.89. The molecule has 0 spiro atoms. The quantitative estimate of drug-likeness (QED) is 0.592. The molecular formula is C7H11NO3. The lowest BCUT2D eigenvalue weighted by molar-refractivity contribution is -0.152. The largest absolute Gasteiger partial charge is 0.460 e. The van der Waals surface area contributed by atoms with E-state index in [1.165, 1.54) is 0 Å². The third kappa shape index (κ3) is 4.34. The molecular weight excluding hydrogens is 146 g/mol. The topological polar surface area (TPSA) is 70.3 Å². The molecule has 0 heterocycles. The molecule has 0 bridgehead atoms. The highest BCUT2D eigenvalue weighted by Gasteiger charge is 2.10. The molecule has 1 atom stereocenters. The van der Waals surface area contributed by atoms with Gasteiger partial charge in [0.05, 0.1) is 12.5 Å². The first-order chi connectivity index (χ1) is 5.24. The lowest BCUT2D eigenvalue weighted by atomic mass is 10.2. The van der Waals surface area contributed by atoms with Gasteiger partial charge in [0, 0.05) is 0 Å². The summed E-state index contributed by atoms with van der Waals surface area (Å²) in [7, 11) is 0. The van der Waals surface area contributed by atoms with Gasteiger partial charge in [0.25, 0.3) is 0 Å². The Hall–Kier alpha value is -1.08. The van der Waals surface area contributed by atoms with Crippen molar-refractivity contribution in [3.63, 3.8) is 0 Å². The zero-order valence-electron chi connectivity index (χ0n) is 6.41. The fourth-order valence-electron chi connectivity index (χ4n) is 0.594. The number of hydrogen-bond acceptors (Lipinski definition) is 4. The first kappa shape index (κ1) is 9.92. The fraction of sp³-hybridized carbons (Fsp3) is 0.714. The van der Waals surface area contributed by atoms with Crippen molar-refractivity contribution in [1.29, 1.82) is 5.26 Å². The number of nitrogens with zero attached hydrogens (tertiary/aromatic N) is 1. The van der Waals surface area contributed by atoms with Gasteiger partial charge in [-0.1, -0.05) is 6.92 Å². The standard InChI is InChI=1S/C7H11NO3/c1-2-6(3-4-8)11-7(10)5-9/h6,9H,2-3,5H2,1H3. The van der Waals surface area contributed by atoms with Crippen LogP contribution in [0.5, 0.6) is 0 Å². The van der Waals surface area contributed by atoms with Crippen molar-refractivity contribution in [2.24, 2.45) is 0 Å². The molecule has 0 aliphatic heterocycles. The second kappa shape index (κ2) is 5.69. The molecule has 11 heavy (non-hydrogen) atoms. The number of hydrogen-bond donors (Lipinski definition) is 1. The minimum Gasteiger partial charge on any atom is -0.460 e. The Balaban J connectivity index is 3.70. The number of esters is 1. The number of rotatable bonds is 4. The van der Waals surface area contributed by atoms with Gasteiger partial charge >= 0.3 is 5.97 Å². The monoisotopic (exact) mass is 157 g/mol. The lowest BCUT2D eigenvalue weighted by Gasteiger charge is -2.10. The number of ether oxygens (including phenoxy) is 1. The first-order valence-corrected chi connectivity index (χ1v) is 3.41. The SMILES string of the molecule is CCC(CC#N)OC(=O)CO. The Bertz CT molecular complexity index is 162. The van der Waals surface area contributed by atoms with Gasteiger partial charge in [-0.2, -0.15) is 5.26 Å². The molecule has 1 N–H and O–H groups in total. The summed E-state index contributed by atoms with van der Waals surface area (Å²) in [5.74, 6) is -0.674. The molecule has 0 rings (SSSR count). The third-order valence-electron chi connectivity index (χ3n) is 1.20. The van der Waals surface area contributed by atoms with E-state index in [1.54, 1.807) is 0 Å². The van der Waals surface area contributed by atoms with Gasteiger partial charge in [-0.25, -0.2) is 4.79 Å². The van der Waals surface area contributed by atoms with Crippen molar-refractivity contribution in [2.75, 3.05) is 6.61 Å². The van der Waals surface area contributed by atoms with E-state index in [1.807, 2.05) is 13.0 Å². The predicted octanol–water partition coefficient (Wildman–Crippen LogP) is 0.214. The average molecular weight is 157 g/mol. The summed E-state index contributed by atoms with van der Waals surface area (Å²) in [6.07, 6.45) is 0.404. The van der Waals surface area contributed by atoms with E-state index < -0.39 is 12.6 Å². The Morgan fingerprint density at radius 1 is 1.82 bits per heavy atom. The van der Waals surface area contributed by atoms with Crippen LogP contribution in [-0.2, 0) is 9.53 Å². The minimum absolute atomic E-state index is 0.183. The number of nitriles is 1. The Morgan fingerprint density at radius 3 is 2.82 bits per heavy atom. The molecule has 0 radical (unpaired) electrons. The van der Waals surface area contributed by atoms with Crippen molar-refractivity contribution in [2.45, 2.75) is 25.9 Å². The zero-order chi connectivity index (χ0) is 8.69. The van der Waals surface area contributed by atoms with E-state index in [-0.39, 0.29) is 12.5 Å². The zero-order valence-corrected chi connectivity index (χ0v) is 6.41. The summed E-state index contributed by atoms with van der Waals surface area (Å²) >= 11 is 0. The molecule has 4 nitrogen and oxygen atoms in total. The fourth-order valence-corrected chi connectivity index (χ4v) is 0.594. The predicted molar refractivity (Wildman–Crippen MR) is 37.5 cm³/mol. The maximum atomic E-state index is 10.5.